The molecular formula is C13H16ClN3S. The van der Waals surface area contributed by atoms with Crippen molar-refractivity contribution in [1.82, 2.24) is 4.98 Å². The molecule has 0 unspecified atom stereocenters. The monoisotopic (exact) mass is 281 g/mol. The fourth-order valence-corrected chi connectivity index (χ4v) is 2.80. The second-order valence-corrected chi connectivity index (χ2v) is 6.09. The maximum Gasteiger partial charge on any atom is 0.0931 e. The number of nitrogens with two attached hydrogens (primary N) is 1. The minimum atomic E-state index is -0.0274. The molecule has 2 rings (SSSR count). The minimum absolute atomic E-state index is 0.0274. The van der Waals surface area contributed by atoms with Gasteiger partial charge in [-0.1, -0.05) is 11.6 Å². The van der Waals surface area contributed by atoms with Gasteiger partial charge in [0.25, 0.3) is 0 Å². The third-order valence-electron chi connectivity index (χ3n) is 2.70. The number of aromatic nitrogens is 1. The van der Waals surface area contributed by atoms with Crippen LogP contribution in [0.1, 0.15) is 23.5 Å². The van der Waals surface area contributed by atoms with E-state index in [1.807, 2.05) is 44.4 Å². The summed E-state index contributed by atoms with van der Waals surface area (Å²) in [6.45, 7) is 2.76. The molecule has 0 aliphatic heterocycles. The highest BCUT2D eigenvalue weighted by atomic mass is 35.5. The van der Waals surface area contributed by atoms with Crippen molar-refractivity contribution in [3.8, 4) is 0 Å². The van der Waals surface area contributed by atoms with Gasteiger partial charge >= 0.3 is 0 Å². The average Bonchev–Trinajstić information content (AvgIpc) is 2.75. The molecule has 0 aliphatic rings. The van der Waals surface area contributed by atoms with Crippen LogP contribution in [0.25, 0.3) is 0 Å². The van der Waals surface area contributed by atoms with E-state index in [0.717, 1.165) is 22.3 Å². The van der Waals surface area contributed by atoms with Crippen LogP contribution < -0.4 is 10.6 Å². The molecule has 2 heterocycles. The summed E-state index contributed by atoms with van der Waals surface area (Å²) in [7, 11) is 2.04. The van der Waals surface area contributed by atoms with E-state index in [0.29, 0.717) is 0 Å². The molecule has 18 heavy (non-hydrogen) atoms. The first-order chi connectivity index (χ1) is 8.56. The zero-order valence-corrected chi connectivity index (χ0v) is 12.0. The van der Waals surface area contributed by atoms with Gasteiger partial charge in [0.15, 0.2) is 0 Å². The van der Waals surface area contributed by atoms with Crippen molar-refractivity contribution in [2.45, 2.75) is 19.5 Å². The van der Waals surface area contributed by atoms with Gasteiger partial charge in [0.05, 0.1) is 28.5 Å². The van der Waals surface area contributed by atoms with Crippen molar-refractivity contribution >= 4 is 28.6 Å². The van der Waals surface area contributed by atoms with Crippen LogP contribution in [-0.4, -0.2) is 12.0 Å². The number of rotatable bonds is 4. The molecule has 2 aromatic rings. The van der Waals surface area contributed by atoms with E-state index in [1.54, 1.807) is 11.3 Å². The van der Waals surface area contributed by atoms with Crippen molar-refractivity contribution in [3.05, 3.63) is 45.4 Å². The van der Waals surface area contributed by atoms with E-state index < -0.39 is 0 Å². The van der Waals surface area contributed by atoms with Crippen molar-refractivity contribution in [3.63, 3.8) is 0 Å². The summed E-state index contributed by atoms with van der Waals surface area (Å²) in [6, 6.07) is 7.96. The van der Waals surface area contributed by atoms with Crippen LogP contribution in [0.15, 0.2) is 30.5 Å². The molecule has 1 atom stereocenters. The highest BCUT2D eigenvalue weighted by molar-refractivity contribution is 7.16. The molecule has 2 N–H and O–H groups in total. The van der Waals surface area contributed by atoms with Gasteiger partial charge in [-0.25, -0.2) is 0 Å². The highest BCUT2D eigenvalue weighted by Crippen LogP contribution is 2.24. The molecule has 5 heteroatoms. The summed E-state index contributed by atoms with van der Waals surface area (Å²) < 4.78 is 0.823. The van der Waals surface area contributed by atoms with Gasteiger partial charge in [-0.2, -0.15) is 0 Å². The molecule has 0 amide bonds. The minimum Gasteiger partial charge on any atom is -0.368 e. The van der Waals surface area contributed by atoms with E-state index in [2.05, 4.69) is 9.88 Å². The van der Waals surface area contributed by atoms with Gasteiger partial charge < -0.3 is 10.6 Å². The van der Waals surface area contributed by atoms with Crippen molar-refractivity contribution in [1.29, 1.82) is 0 Å². The van der Waals surface area contributed by atoms with Crippen molar-refractivity contribution < 1.29 is 0 Å². The Morgan fingerprint density at radius 1 is 1.39 bits per heavy atom. The van der Waals surface area contributed by atoms with E-state index in [1.165, 1.54) is 4.88 Å². The topological polar surface area (TPSA) is 42.1 Å². The first-order valence-electron chi connectivity index (χ1n) is 5.73. The zero-order valence-electron chi connectivity index (χ0n) is 10.4. The third-order valence-corrected chi connectivity index (χ3v) is 3.92. The number of hydrogen-bond donors (Lipinski definition) is 1. The van der Waals surface area contributed by atoms with E-state index in [4.69, 9.17) is 17.3 Å². The molecule has 0 radical (unpaired) electrons. The van der Waals surface area contributed by atoms with Gasteiger partial charge in [-0.15, -0.1) is 11.3 Å². The molecule has 0 aromatic carbocycles. The van der Waals surface area contributed by atoms with Crippen LogP contribution in [0.5, 0.6) is 0 Å². The number of nitrogens with zero attached hydrogens (tertiary/aromatic N) is 2. The lowest BCUT2D eigenvalue weighted by Gasteiger charge is -2.18. The van der Waals surface area contributed by atoms with Gasteiger partial charge in [-0.3, -0.25) is 4.98 Å². The first kappa shape index (κ1) is 13.3. The maximum atomic E-state index is 5.92. The lowest BCUT2D eigenvalue weighted by Crippen LogP contribution is -2.16. The van der Waals surface area contributed by atoms with Crippen molar-refractivity contribution in [2.24, 2.45) is 5.73 Å². The van der Waals surface area contributed by atoms with Crippen LogP contribution in [0.3, 0.4) is 0 Å². The molecule has 96 valence electrons. The standard InChI is InChI=1S/C13H16ClN3S/c1-9(15)12-5-3-10(7-16-12)17(2)8-11-4-6-13(14)18-11/h3-7,9H,8,15H2,1-2H3/t9-/m0/s1. The van der Waals surface area contributed by atoms with Crippen molar-refractivity contribution in [2.75, 3.05) is 11.9 Å². The smallest absolute Gasteiger partial charge is 0.0931 e. The van der Waals surface area contributed by atoms with Gasteiger partial charge in [0, 0.05) is 18.0 Å². The van der Waals surface area contributed by atoms with Crippen LogP contribution in [0.4, 0.5) is 5.69 Å². The molecule has 0 saturated carbocycles. The van der Waals surface area contributed by atoms with Gasteiger partial charge in [0.2, 0.25) is 0 Å². The fourth-order valence-electron chi connectivity index (χ4n) is 1.65. The number of thiophene rings is 1. The Balaban J connectivity index is 2.06. The predicted octanol–water partition coefficient (Wildman–Crippen LogP) is 3.45. The van der Waals surface area contributed by atoms with Crippen LogP contribution in [0.2, 0.25) is 4.34 Å². The third kappa shape index (κ3) is 3.22. The SMILES string of the molecule is C[C@H](N)c1ccc(N(C)Cc2ccc(Cl)s2)cn1. The molecule has 0 fully saturated rings. The average molecular weight is 282 g/mol. The molecule has 0 saturated heterocycles. The Kier molecular flexibility index (Phi) is 4.22. The number of hydrogen-bond acceptors (Lipinski definition) is 4. The van der Waals surface area contributed by atoms with Crippen LogP contribution >= 0.6 is 22.9 Å². The molecule has 0 spiro atoms. The summed E-state index contributed by atoms with van der Waals surface area (Å²) >= 11 is 7.52. The van der Waals surface area contributed by atoms with Crippen LogP contribution in [0, 0.1) is 0 Å². The summed E-state index contributed by atoms with van der Waals surface area (Å²) in [5.74, 6) is 0. The zero-order chi connectivity index (χ0) is 13.1. The van der Waals surface area contributed by atoms with E-state index in [9.17, 15) is 0 Å². The Morgan fingerprint density at radius 2 is 2.17 bits per heavy atom. The fraction of sp³-hybridized carbons (Fsp3) is 0.308. The lowest BCUT2D eigenvalue weighted by molar-refractivity contribution is 0.779. The molecule has 3 nitrogen and oxygen atoms in total. The second kappa shape index (κ2) is 5.69. The predicted molar refractivity (Wildman–Crippen MR) is 78.3 cm³/mol. The first-order valence-corrected chi connectivity index (χ1v) is 6.92. The maximum absolute atomic E-state index is 5.92. The number of anilines is 1. The summed E-state index contributed by atoms with van der Waals surface area (Å²) in [4.78, 5) is 7.73. The Bertz CT molecular complexity index is 507. The summed E-state index contributed by atoms with van der Waals surface area (Å²) in [6.07, 6.45) is 1.86. The quantitative estimate of drug-likeness (QED) is 0.933. The van der Waals surface area contributed by atoms with E-state index in [-0.39, 0.29) is 6.04 Å². The van der Waals surface area contributed by atoms with Gasteiger partial charge in [-0.05, 0) is 31.2 Å². The largest absolute Gasteiger partial charge is 0.368 e. The molecular weight excluding hydrogens is 266 g/mol. The molecule has 2 aromatic heterocycles. The Hall–Kier alpha value is -1.10. The summed E-state index contributed by atoms with van der Waals surface area (Å²) in [5, 5.41) is 0. The molecule has 0 aliphatic carbocycles. The summed E-state index contributed by atoms with van der Waals surface area (Å²) in [5.41, 5.74) is 7.76. The second-order valence-electron chi connectivity index (χ2n) is 4.29. The number of halogens is 1. The lowest BCUT2D eigenvalue weighted by atomic mass is 10.2. The van der Waals surface area contributed by atoms with Gasteiger partial charge in [0.1, 0.15) is 0 Å². The molecule has 0 bridgehead atoms. The Labute approximate surface area is 116 Å². The highest BCUT2D eigenvalue weighted by Gasteiger charge is 2.06. The van der Waals surface area contributed by atoms with E-state index >= 15 is 0 Å². The normalized spacial score (nSPS) is 12.4. The number of pyridine rings is 1. The van der Waals surface area contributed by atoms with Crippen LogP contribution in [-0.2, 0) is 6.54 Å². The Morgan fingerprint density at radius 3 is 2.67 bits per heavy atom.